The number of hydrogen-bond acceptors (Lipinski definition) is 16. The van der Waals surface area contributed by atoms with Gasteiger partial charge in [-0.05, 0) is 215 Å². The van der Waals surface area contributed by atoms with Crippen LogP contribution in [0.25, 0.3) is 11.0 Å². The minimum absolute atomic E-state index is 0.0649. The second-order valence-electron chi connectivity index (χ2n) is 22.2. The Hall–Kier alpha value is -12.6. The van der Waals surface area contributed by atoms with Gasteiger partial charge in [0, 0.05) is 50.4 Å². The maximum Gasteiger partial charge on any atom is 0.338 e. The summed E-state index contributed by atoms with van der Waals surface area (Å²) in [5.41, 5.74) is 27.6. The van der Waals surface area contributed by atoms with Crippen molar-refractivity contribution in [1.82, 2.24) is 53.7 Å². The molecule has 0 bridgehead atoms. The number of anilines is 4. The minimum atomic E-state index is -0.603. The Labute approximate surface area is 594 Å². The van der Waals surface area contributed by atoms with E-state index in [9.17, 15) is 38.4 Å². The summed E-state index contributed by atoms with van der Waals surface area (Å²) in [6, 6.07) is 45.9. The van der Waals surface area contributed by atoms with Crippen LogP contribution in [0.5, 0.6) is 28.7 Å². The number of carbonyl (C=O) groups is 8. The molecule has 0 aliphatic heterocycles. The minimum Gasteiger partial charge on any atom is -0.497 e. The van der Waals surface area contributed by atoms with Crippen LogP contribution in [0.4, 0.5) is 41.9 Å². The van der Waals surface area contributed by atoms with E-state index in [1.54, 1.807) is 141 Å². The van der Waals surface area contributed by atoms with E-state index < -0.39 is 47.8 Å². The molecule has 12 N–H and O–H groups in total. The smallest absolute Gasteiger partial charge is 0.338 e. The number of ether oxygens (including phenoxy) is 5. The van der Waals surface area contributed by atoms with Gasteiger partial charge in [0.05, 0.1) is 39.2 Å². The molecule has 0 aliphatic rings. The van der Waals surface area contributed by atoms with Crippen molar-refractivity contribution < 1.29 is 66.7 Å². The van der Waals surface area contributed by atoms with Gasteiger partial charge in [0.25, 0.3) is 23.6 Å². The second-order valence-corrected chi connectivity index (χ2v) is 22.6. The molecule has 1 heterocycles. The number of nitrogens with zero attached hydrogens (tertiary/aromatic N) is 2. The normalized spacial score (nSPS) is 10.2. The average molecular weight is 1420 g/mol. The number of nitrogens with one attached hydrogen (secondary N) is 12. The first-order valence-corrected chi connectivity index (χ1v) is 32.5. The number of benzene rings is 8. The lowest BCUT2D eigenvalue weighted by Gasteiger charge is -2.13. The molecular formula is C73H83ClN14O14. The molecule has 0 fully saturated rings. The van der Waals surface area contributed by atoms with Crippen molar-refractivity contribution in [2.24, 2.45) is 0 Å². The van der Waals surface area contributed by atoms with Crippen LogP contribution in [0.1, 0.15) is 118 Å². The number of hydrogen-bond donors (Lipinski definition) is 12. The van der Waals surface area contributed by atoms with Gasteiger partial charge in [0.1, 0.15) is 28.3 Å². The lowest BCUT2D eigenvalue weighted by atomic mass is 10.1. The third-order valence-electron chi connectivity index (χ3n) is 14.1. The summed E-state index contributed by atoms with van der Waals surface area (Å²) >= 11 is 5.92. The summed E-state index contributed by atoms with van der Waals surface area (Å²) in [5, 5.41) is 18.3. The van der Waals surface area contributed by atoms with E-state index in [1.165, 1.54) is 31.6 Å². The van der Waals surface area contributed by atoms with Crippen molar-refractivity contribution in [2.75, 3.05) is 48.7 Å². The number of urea groups is 4. The van der Waals surface area contributed by atoms with E-state index in [0.717, 1.165) is 29.5 Å². The first-order valence-electron chi connectivity index (χ1n) is 32.2. The zero-order valence-corrected chi connectivity index (χ0v) is 58.7. The monoisotopic (exact) mass is 1410 g/mol. The van der Waals surface area contributed by atoms with Gasteiger partial charge in [0.15, 0.2) is 11.5 Å². The van der Waals surface area contributed by atoms with Gasteiger partial charge in [-0.25, -0.2) is 45.5 Å². The van der Waals surface area contributed by atoms with Gasteiger partial charge >= 0.3 is 24.1 Å². The summed E-state index contributed by atoms with van der Waals surface area (Å²) < 4.78 is 31.4. The Morgan fingerprint density at radius 2 is 0.980 bits per heavy atom. The van der Waals surface area contributed by atoms with Crippen molar-refractivity contribution in [1.29, 1.82) is 0 Å². The molecule has 0 radical (unpaired) electrons. The lowest BCUT2D eigenvalue weighted by Crippen LogP contribution is -2.44. The van der Waals surface area contributed by atoms with Crippen molar-refractivity contribution in [3.63, 3.8) is 0 Å². The molecule has 9 rings (SSSR count). The number of fused-ring (bicyclic) bond motifs is 1. The number of unbranched alkanes of at least 4 members (excludes halogenated alkanes) is 2. The van der Waals surface area contributed by atoms with Gasteiger partial charge in [-0.1, -0.05) is 73.8 Å². The molecule has 29 heteroatoms. The van der Waals surface area contributed by atoms with E-state index in [2.05, 4.69) is 86.5 Å². The van der Waals surface area contributed by atoms with Crippen molar-refractivity contribution in [3.05, 3.63) is 219 Å². The summed E-state index contributed by atoms with van der Waals surface area (Å²) in [5.74, 6) is 1.01. The largest absolute Gasteiger partial charge is 0.497 e. The standard InChI is InChI=1S/C21H27N3O4.C19H23N3O3.C18H21N3O4.C15H12ClN5O3/c1-4-5-6-7-15-8-10-16(11-9-15)20(25)23-24-21(26)22-18-13-12-17(27-2)14-19(18)28-3;1-12(2)25-16-10-8-15(9-11-16)18(23)21-22-19(24)20-17-7-5-6-13(3)14(17)4;1-3-24-15-11-10-13(12-16(15)25-4-2)17(22)20-21-18(23)19-14-8-6-5-7-9-14;1-8-4-10(16)7-11(5-8)17-15(23)19-18-14(22)9-2-3-12-13(6-9)21-24-20-12/h8-14H,4-7H2,1-3H3,(H,23,25)(H2,22,24,26);5-12H,1-4H3,(H,21,23)(H2,20,22,24);5-12H,3-4H2,1-2H3,(H,20,22)(H2,19,21,23);2-7H,1H3,(H,18,22)(H2,17,19,23). The maximum atomic E-state index is 12.2. The van der Waals surface area contributed by atoms with Gasteiger partial charge < -0.3 is 45.0 Å². The molecular weight excluding hydrogens is 1330 g/mol. The zero-order chi connectivity index (χ0) is 73.9. The zero-order valence-electron chi connectivity index (χ0n) is 58.0. The molecule has 9 aromatic rings. The Morgan fingerprint density at radius 1 is 0.451 bits per heavy atom. The fourth-order valence-electron chi connectivity index (χ4n) is 8.97. The first kappa shape index (κ1) is 78.4. The lowest BCUT2D eigenvalue weighted by molar-refractivity contribution is 0.0930. The molecule has 8 aromatic carbocycles. The van der Waals surface area contributed by atoms with Crippen LogP contribution in [0.15, 0.2) is 174 Å². The van der Waals surface area contributed by atoms with E-state index in [4.69, 9.17) is 35.3 Å². The molecule has 0 unspecified atom stereocenters. The van der Waals surface area contributed by atoms with Crippen molar-refractivity contribution >= 4 is 93.1 Å². The van der Waals surface area contributed by atoms with Crippen LogP contribution in [0.3, 0.4) is 0 Å². The van der Waals surface area contributed by atoms with Crippen LogP contribution < -0.4 is 88.4 Å². The highest BCUT2D eigenvalue weighted by atomic mass is 35.5. The molecule has 0 aliphatic carbocycles. The third-order valence-corrected chi connectivity index (χ3v) is 14.3. The quantitative estimate of drug-likeness (QED) is 0.0249. The number of carbonyl (C=O) groups excluding carboxylic acids is 8. The molecule has 0 saturated heterocycles. The Bertz CT molecular complexity index is 4260. The van der Waals surface area contributed by atoms with Gasteiger partial charge in [-0.15, -0.1) is 0 Å². The predicted octanol–water partition coefficient (Wildman–Crippen LogP) is 13.1. The Balaban J connectivity index is 0.000000214. The van der Waals surface area contributed by atoms with Gasteiger partial charge in [0.2, 0.25) is 0 Å². The highest BCUT2D eigenvalue weighted by molar-refractivity contribution is 6.31. The number of aromatic nitrogens is 2. The molecule has 0 atom stereocenters. The molecule has 12 amide bonds. The molecule has 1 aromatic heterocycles. The van der Waals surface area contributed by atoms with Crippen molar-refractivity contribution in [2.45, 2.75) is 87.2 Å². The van der Waals surface area contributed by atoms with Crippen molar-refractivity contribution in [3.8, 4) is 28.7 Å². The topological polar surface area (TPSA) is 366 Å². The number of hydrazine groups is 4. The Kier molecular flexibility index (Phi) is 31.5. The summed E-state index contributed by atoms with van der Waals surface area (Å²) in [6.45, 7) is 16.4. The number of methoxy groups -OCH3 is 2. The number of para-hydroxylation sites is 1. The van der Waals surface area contributed by atoms with Gasteiger partial charge in [-0.3, -0.25) is 40.9 Å². The van der Waals surface area contributed by atoms with Crippen LogP contribution in [0, 0.1) is 20.8 Å². The van der Waals surface area contributed by atoms with E-state index in [0.29, 0.717) is 103 Å². The van der Waals surface area contributed by atoms with Crippen LogP contribution >= 0.6 is 11.6 Å². The SMILES string of the molecule is CCCCCc1ccc(C(=O)NNC(=O)Nc2ccc(OC)cc2OC)cc1.CCOc1ccc(C(=O)NNC(=O)Nc2ccccc2)cc1OCC.Cc1cc(Cl)cc(NC(=O)NNC(=O)c2ccc3nonc3c2)c1.Cc1cccc(NC(=O)NNC(=O)c2ccc(OC(C)C)cc2)c1C. The highest BCUT2D eigenvalue weighted by Crippen LogP contribution is 2.30. The molecule has 0 saturated carbocycles. The second kappa shape index (κ2) is 41.0. The third kappa shape index (κ3) is 26.3. The van der Waals surface area contributed by atoms with Crippen LogP contribution in [0.2, 0.25) is 5.02 Å². The van der Waals surface area contributed by atoms with E-state index >= 15 is 0 Å². The highest BCUT2D eigenvalue weighted by Gasteiger charge is 2.16. The fourth-order valence-corrected chi connectivity index (χ4v) is 9.26. The summed E-state index contributed by atoms with van der Waals surface area (Å²) in [7, 11) is 3.04. The number of amides is 12. The average Bonchev–Trinajstić information content (AvgIpc) is 1.52. The first-order chi connectivity index (χ1) is 49.1. The predicted molar refractivity (Wildman–Crippen MR) is 389 cm³/mol. The van der Waals surface area contributed by atoms with Crippen LogP contribution in [-0.2, 0) is 6.42 Å². The van der Waals surface area contributed by atoms with E-state index in [1.807, 2.05) is 78.8 Å². The van der Waals surface area contributed by atoms with Crippen LogP contribution in [-0.4, -0.2) is 91.6 Å². The molecule has 536 valence electrons. The number of aryl methyl sites for hydroxylation is 3. The molecule has 0 spiro atoms. The molecule has 28 nitrogen and oxygen atoms in total. The number of rotatable bonds is 20. The van der Waals surface area contributed by atoms with Gasteiger partial charge in [-0.2, -0.15) is 0 Å². The number of halogens is 1. The maximum absolute atomic E-state index is 12.2. The summed E-state index contributed by atoms with van der Waals surface area (Å²) in [6.07, 6.45) is 4.57. The summed E-state index contributed by atoms with van der Waals surface area (Å²) in [4.78, 5) is 96.0. The molecule has 102 heavy (non-hydrogen) atoms. The Morgan fingerprint density at radius 3 is 1.56 bits per heavy atom. The fraction of sp³-hybridized carbons (Fsp3) is 0.233. The van der Waals surface area contributed by atoms with E-state index in [-0.39, 0.29) is 6.10 Å².